The molecule has 0 unspecified atom stereocenters. The van der Waals surface area contributed by atoms with Crippen molar-refractivity contribution in [2.75, 3.05) is 0 Å². The van der Waals surface area contributed by atoms with Gasteiger partial charge in [0.05, 0.1) is 5.60 Å². The van der Waals surface area contributed by atoms with Crippen molar-refractivity contribution in [1.29, 1.82) is 0 Å². The lowest BCUT2D eigenvalue weighted by molar-refractivity contribution is -0.256. The summed E-state index contributed by atoms with van der Waals surface area (Å²) in [5.41, 5.74) is -5.37. The minimum absolute atomic E-state index is 0.192. The Kier molecular flexibility index (Phi) is 35.1. The maximum absolute atomic E-state index is 13.4. The number of unbranched alkanes of at least 4 members (excludes halogenated alkanes) is 36. The van der Waals surface area contributed by atoms with E-state index in [-0.39, 0.29) is 12.8 Å². The topological polar surface area (TPSA) is 107 Å². The van der Waals surface area contributed by atoms with E-state index in [2.05, 4.69) is 27.7 Å². The van der Waals surface area contributed by atoms with Gasteiger partial charge in [0.1, 0.15) is 5.60 Å². The number of carbonyl (C=O) groups is 1. The molecule has 6 nitrogen and oxygen atoms in total. The van der Waals surface area contributed by atoms with Crippen LogP contribution in [0.15, 0.2) is 11.5 Å². The summed E-state index contributed by atoms with van der Waals surface area (Å²) < 4.78 is 6.09. The second-order valence-corrected chi connectivity index (χ2v) is 19.5. The SMILES string of the molecule is CCCCCCCCCCCCC(O)(CCCCCCCCCCCC)[C@@](O)(CCCCCCCCCCCC)[C@@]1(CCCCCCCCCCCC)OC(=O)C(O)=C1O. The van der Waals surface area contributed by atoms with Gasteiger partial charge in [0.25, 0.3) is 0 Å². The minimum atomic E-state index is -1.93. The van der Waals surface area contributed by atoms with E-state index < -0.39 is 34.3 Å². The number of aliphatic hydroxyl groups is 4. The Morgan fingerprint density at radius 3 is 0.900 bits per heavy atom. The number of rotatable bonds is 46. The highest BCUT2D eigenvalue weighted by Crippen LogP contribution is 2.53. The minimum Gasteiger partial charge on any atom is -0.505 e. The molecule has 1 aliphatic heterocycles. The maximum Gasteiger partial charge on any atom is 0.378 e. The van der Waals surface area contributed by atoms with Crippen LogP contribution in [0.4, 0.5) is 0 Å². The zero-order chi connectivity index (χ0) is 44.1. The molecule has 0 spiro atoms. The van der Waals surface area contributed by atoms with E-state index in [9.17, 15) is 25.2 Å². The molecule has 4 N–H and O–H groups in total. The molecule has 6 heteroatoms. The zero-order valence-electron chi connectivity index (χ0n) is 40.7. The predicted octanol–water partition coefficient (Wildman–Crippen LogP) is 17.3. The molecule has 2 atom stereocenters. The van der Waals surface area contributed by atoms with E-state index in [1.54, 1.807) is 0 Å². The van der Waals surface area contributed by atoms with Gasteiger partial charge in [-0.05, 0) is 32.1 Å². The van der Waals surface area contributed by atoms with E-state index in [0.717, 1.165) is 77.0 Å². The molecule has 0 saturated heterocycles. The van der Waals surface area contributed by atoms with Crippen LogP contribution in [0.2, 0.25) is 0 Å². The van der Waals surface area contributed by atoms with Crippen molar-refractivity contribution in [3.63, 3.8) is 0 Å². The second-order valence-electron chi connectivity index (χ2n) is 19.5. The van der Waals surface area contributed by atoms with Crippen LogP contribution >= 0.6 is 0 Å². The summed E-state index contributed by atoms with van der Waals surface area (Å²) >= 11 is 0. The molecule has 0 fully saturated rings. The van der Waals surface area contributed by atoms with Gasteiger partial charge >= 0.3 is 5.97 Å². The van der Waals surface area contributed by atoms with E-state index in [4.69, 9.17) is 4.74 Å². The molecule has 0 aromatic carbocycles. The quantitative estimate of drug-likeness (QED) is 0.0359. The lowest BCUT2D eigenvalue weighted by Gasteiger charge is -2.53. The lowest BCUT2D eigenvalue weighted by atomic mass is 9.62. The number of hydrogen-bond donors (Lipinski definition) is 4. The highest BCUT2D eigenvalue weighted by Gasteiger charge is 2.68. The molecule has 356 valence electrons. The summed E-state index contributed by atoms with van der Waals surface area (Å²) in [6.45, 7) is 9.01. The highest BCUT2D eigenvalue weighted by molar-refractivity contribution is 5.90. The van der Waals surface area contributed by atoms with E-state index in [1.165, 1.54) is 167 Å². The van der Waals surface area contributed by atoms with Crippen molar-refractivity contribution in [2.45, 2.75) is 327 Å². The van der Waals surface area contributed by atoms with Crippen LogP contribution in [-0.2, 0) is 9.53 Å². The standard InChI is InChI=1S/C54H104O6/c1-5-9-13-17-21-25-29-33-37-41-45-52(58,46-42-38-34-30-26-22-18-14-10-6-2)54(59,48-44-40-36-32-28-24-20-16-12-8-4)53(50(56)49(55)51(57)60-53)47-43-39-35-31-27-23-19-15-11-7-3/h55-56,58-59H,5-48H2,1-4H3/t53-,54-/m0/s1. The molecule has 1 rings (SSSR count). The van der Waals surface area contributed by atoms with Crippen LogP contribution in [0, 0.1) is 0 Å². The van der Waals surface area contributed by atoms with Gasteiger partial charge in [0, 0.05) is 0 Å². The number of hydrogen-bond acceptors (Lipinski definition) is 6. The molecule has 1 heterocycles. The van der Waals surface area contributed by atoms with Crippen LogP contribution < -0.4 is 0 Å². The largest absolute Gasteiger partial charge is 0.505 e. The van der Waals surface area contributed by atoms with Crippen LogP contribution in [0.5, 0.6) is 0 Å². The van der Waals surface area contributed by atoms with E-state index in [0.29, 0.717) is 25.7 Å². The Hall–Kier alpha value is -1.27. The van der Waals surface area contributed by atoms with Gasteiger partial charge in [-0.15, -0.1) is 0 Å². The number of esters is 1. The van der Waals surface area contributed by atoms with Crippen LogP contribution in [-0.4, -0.2) is 43.2 Å². The Bertz CT molecular complexity index is 1000. The maximum atomic E-state index is 13.4. The zero-order valence-corrected chi connectivity index (χ0v) is 40.7. The normalized spacial score (nSPS) is 16.9. The van der Waals surface area contributed by atoms with Gasteiger partial charge in [-0.2, -0.15) is 0 Å². The summed E-state index contributed by atoms with van der Waals surface area (Å²) in [7, 11) is 0. The van der Waals surface area contributed by atoms with Crippen molar-refractivity contribution in [3.05, 3.63) is 11.5 Å². The summed E-state index contributed by atoms with van der Waals surface area (Å²) in [5.74, 6) is -2.35. The van der Waals surface area contributed by atoms with E-state index >= 15 is 0 Å². The smallest absolute Gasteiger partial charge is 0.378 e. The number of ether oxygens (including phenoxy) is 1. The molecule has 0 aliphatic carbocycles. The summed E-state index contributed by atoms with van der Waals surface area (Å²) in [6.07, 6.45) is 47.4. The molecule has 60 heavy (non-hydrogen) atoms. The van der Waals surface area contributed by atoms with Gasteiger partial charge in [-0.3, -0.25) is 0 Å². The van der Waals surface area contributed by atoms with Gasteiger partial charge in [-0.1, -0.05) is 278 Å². The first-order chi connectivity index (χ1) is 29.2. The third kappa shape index (κ3) is 22.9. The van der Waals surface area contributed by atoms with Gasteiger partial charge in [0.2, 0.25) is 11.4 Å². The Labute approximate surface area is 373 Å². The number of cyclic esters (lactones) is 1. The summed E-state index contributed by atoms with van der Waals surface area (Å²) in [4.78, 5) is 13.2. The monoisotopic (exact) mass is 849 g/mol. The first-order valence-electron chi connectivity index (χ1n) is 27.0. The van der Waals surface area contributed by atoms with Crippen molar-refractivity contribution in [1.82, 2.24) is 0 Å². The van der Waals surface area contributed by atoms with Gasteiger partial charge in [0.15, 0.2) is 5.76 Å². The third-order valence-corrected chi connectivity index (χ3v) is 14.2. The Morgan fingerprint density at radius 1 is 0.383 bits per heavy atom. The highest BCUT2D eigenvalue weighted by atomic mass is 16.6. The molecule has 0 amide bonds. The lowest BCUT2D eigenvalue weighted by Crippen LogP contribution is -2.68. The van der Waals surface area contributed by atoms with Crippen molar-refractivity contribution in [3.8, 4) is 0 Å². The predicted molar refractivity (Wildman–Crippen MR) is 257 cm³/mol. The molecule has 0 aromatic heterocycles. The third-order valence-electron chi connectivity index (χ3n) is 14.2. The van der Waals surface area contributed by atoms with Gasteiger partial charge in [-0.25, -0.2) is 4.79 Å². The van der Waals surface area contributed by atoms with E-state index in [1.807, 2.05) is 0 Å². The Balaban J connectivity index is 3.24. The summed E-state index contributed by atoms with van der Waals surface area (Å²) in [5, 5.41) is 49.3. The molecular weight excluding hydrogens is 745 g/mol. The molecule has 1 aliphatic rings. The second kappa shape index (κ2) is 37.1. The van der Waals surface area contributed by atoms with Crippen molar-refractivity contribution >= 4 is 5.97 Å². The van der Waals surface area contributed by atoms with Crippen molar-refractivity contribution < 1.29 is 30.0 Å². The first kappa shape index (κ1) is 56.7. The molecule has 0 bridgehead atoms. The average molecular weight is 849 g/mol. The summed E-state index contributed by atoms with van der Waals surface area (Å²) in [6, 6.07) is 0. The molecule has 0 aromatic rings. The van der Waals surface area contributed by atoms with Crippen LogP contribution in [0.25, 0.3) is 0 Å². The van der Waals surface area contributed by atoms with Crippen LogP contribution in [0.3, 0.4) is 0 Å². The number of carbonyl (C=O) groups excluding carboxylic acids is 1. The average Bonchev–Trinajstić information content (AvgIpc) is 3.47. The van der Waals surface area contributed by atoms with Gasteiger partial charge < -0.3 is 25.2 Å². The molecule has 0 saturated carbocycles. The molecular formula is C54H104O6. The van der Waals surface area contributed by atoms with Crippen LogP contribution in [0.1, 0.15) is 310 Å². The Morgan fingerprint density at radius 2 is 0.633 bits per heavy atom. The fourth-order valence-electron chi connectivity index (χ4n) is 10.1. The number of aliphatic hydroxyl groups excluding tert-OH is 2. The fourth-order valence-corrected chi connectivity index (χ4v) is 10.1. The first-order valence-corrected chi connectivity index (χ1v) is 27.0. The van der Waals surface area contributed by atoms with Crippen molar-refractivity contribution in [2.24, 2.45) is 0 Å². The fraction of sp³-hybridized carbons (Fsp3) is 0.944. The molecule has 0 radical (unpaired) electrons.